The molecule has 0 bridgehead atoms. The minimum atomic E-state index is 0.0556. The summed E-state index contributed by atoms with van der Waals surface area (Å²) in [4.78, 5) is 18.5. The monoisotopic (exact) mass is 277 g/mol. The number of rotatable bonds is 7. The number of nitrogens with one attached hydrogen (secondary N) is 1. The van der Waals surface area contributed by atoms with Crippen LogP contribution in [0.5, 0.6) is 0 Å². The van der Waals surface area contributed by atoms with Crippen LogP contribution in [0.1, 0.15) is 50.9 Å². The first kappa shape index (κ1) is 16.5. The summed E-state index contributed by atoms with van der Waals surface area (Å²) in [6.45, 7) is 9.41. The van der Waals surface area contributed by atoms with Gasteiger partial charge in [-0.1, -0.05) is 20.8 Å². The number of hydrogen-bond donors (Lipinski definition) is 1. The van der Waals surface area contributed by atoms with E-state index in [4.69, 9.17) is 0 Å². The Morgan fingerprint density at radius 1 is 1.40 bits per heavy atom. The molecule has 0 saturated carbocycles. The van der Waals surface area contributed by atoms with Crippen LogP contribution in [0.3, 0.4) is 0 Å². The van der Waals surface area contributed by atoms with Gasteiger partial charge >= 0.3 is 0 Å². The van der Waals surface area contributed by atoms with Crippen molar-refractivity contribution in [1.82, 2.24) is 9.88 Å². The molecule has 1 N–H and O–H groups in total. The minimum absolute atomic E-state index is 0.0556. The molecule has 1 aromatic heterocycles. The zero-order valence-corrected chi connectivity index (χ0v) is 13.3. The van der Waals surface area contributed by atoms with Gasteiger partial charge in [0.15, 0.2) is 0 Å². The Morgan fingerprint density at radius 2 is 2.10 bits per heavy atom. The fourth-order valence-electron chi connectivity index (χ4n) is 2.16. The smallest absolute Gasteiger partial charge is 0.254 e. The molecule has 0 saturated heterocycles. The number of nitrogens with zero attached hydrogens (tertiary/aromatic N) is 2. The van der Waals surface area contributed by atoms with Crippen molar-refractivity contribution in [1.29, 1.82) is 0 Å². The third-order valence-electron chi connectivity index (χ3n) is 3.36. The highest BCUT2D eigenvalue weighted by Crippen LogP contribution is 2.14. The van der Waals surface area contributed by atoms with E-state index in [9.17, 15) is 4.79 Å². The van der Waals surface area contributed by atoms with Crippen LogP contribution in [0.2, 0.25) is 0 Å². The van der Waals surface area contributed by atoms with Gasteiger partial charge in [-0.25, -0.2) is 4.98 Å². The van der Waals surface area contributed by atoms with Gasteiger partial charge in [-0.15, -0.1) is 0 Å². The second-order valence-corrected chi connectivity index (χ2v) is 5.75. The number of aromatic nitrogens is 1. The maximum Gasteiger partial charge on any atom is 0.254 e. The molecule has 1 rings (SSSR count). The fourth-order valence-corrected chi connectivity index (χ4v) is 2.16. The lowest BCUT2D eigenvalue weighted by Crippen LogP contribution is -2.35. The van der Waals surface area contributed by atoms with E-state index in [0.717, 1.165) is 25.2 Å². The zero-order chi connectivity index (χ0) is 15.1. The Hall–Kier alpha value is -1.58. The van der Waals surface area contributed by atoms with Crippen LogP contribution >= 0.6 is 0 Å². The van der Waals surface area contributed by atoms with Crippen LogP contribution in [0.15, 0.2) is 18.3 Å². The van der Waals surface area contributed by atoms with E-state index in [0.29, 0.717) is 11.5 Å². The molecule has 1 heterocycles. The number of pyridine rings is 1. The third-order valence-corrected chi connectivity index (χ3v) is 3.36. The molecule has 1 unspecified atom stereocenters. The SMILES string of the molecule is CCCNc1cc(C(=O)N(C)C(C)CC(C)C)ccn1. The average Bonchev–Trinajstić information content (AvgIpc) is 2.43. The zero-order valence-electron chi connectivity index (χ0n) is 13.3. The van der Waals surface area contributed by atoms with Crippen LogP contribution in [0.25, 0.3) is 0 Å². The van der Waals surface area contributed by atoms with E-state index < -0.39 is 0 Å². The number of carbonyl (C=O) groups is 1. The summed E-state index contributed by atoms with van der Waals surface area (Å²) in [5.74, 6) is 1.40. The molecular formula is C16H27N3O. The molecule has 1 amide bonds. The predicted molar refractivity (Wildman–Crippen MR) is 84.0 cm³/mol. The third kappa shape index (κ3) is 4.83. The van der Waals surface area contributed by atoms with Gasteiger partial charge in [-0.3, -0.25) is 4.79 Å². The number of hydrogen-bond acceptors (Lipinski definition) is 3. The highest BCUT2D eigenvalue weighted by Gasteiger charge is 2.18. The lowest BCUT2D eigenvalue weighted by molar-refractivity contribution is 0.0728. The van der Waals surface area contributed by atoms with Gasteiger partial charge in [0.1, 0.15) is 5.82 Å². The molecule has 0 radical (unpaired) electrons. The standard InChI is InChI=1S/C16H27N3O/c1-6-8-17-15-11-14(7-9-18-15)16(20)19(5)13(4)10-12(2)3/h7,9,11-13H,6,8,10H2,1-5H3,(H,17,18). The van der Waals surface area contributed by atoms with E-state index >= 15 is 0 Å². The Morgan fingerprint density at radius 3 is 2.70 bits per heavy atom. The highest BCUT2D eigenvalue weighted by atomic mass is 16.2. The largest absolute Gasteiger partial charge is 0.370 e. The normalized spacial score (nSPS) is 12.3. The maximum absolute atomic E-state index is 12.5. The van der Waals surface area contributed by atoms with Gasteiger partial charge in [0.05, 0.1) is 0 Å². The highest BCUT2D eigenvalue weighted by molar-refractivity contribution is 5.94. The van der Waals surface area contributed by atoms with Crippen LogP contribution in [0.4, 0.5) is 5.82 Å². The first-order chi connectivity index (χ1) is 9.45. The van der Waals surface area contributed by atoms with Crippen LogP contribution in [0, 0.1) is 5.92 Å². The summed E-state index contributed by atoms with van der Waals surface area (Å²) in [5.41, 5.74) is 0.691. The molecule has 0 spiro atoms. The maximum atomic E-state index is 12.5. The number of anilines is 1. The molecule has 112 valence electrons. The molecule has 4 heteroatoms. The van der Waals surface area contributed by atoms with Crippen LogP contribution < -0.4 is 5.32 Å². The molecule has 0 aliphatic carbocycles. The van der Waals surface area contributed by atoms with Crippen molar-refractivity contribution in [3.05, 3.63) is 23.9 Å². The summed E-state index contributed by atoms with van der Waals surface area (Å²) >= 11 is 0. The summed E-state index contributed by atoms with van der Waals surface area (Å²) in [5, 5.41) is 3.21. The molecule has 0 aliphatic rings. The molecule has 20 heavy (non-hydrogen) atoms. The van der Waals surface area contributed by atoms with Crippen molar-refractivity contribution >= 4 is 11.7 Å². The van der Waals surface area contributed by atoms with E-state index in [1.54, 1.807) is 12.3 Å². The average molecular weight is 277 g/mol. The molecule has 1 atom stereocenters. The van der Waals surface area contributed by atoms with Crippen LogP contribution in [-0.4, -0.2) is 35.4 Å². The molecule has 1 aromatic rings. The Labute approximate surface area is 122 Å². The Bertz CT molecular complexity index is 431. The van der Waals surface area contributed by atoms with Gasteiger partial charge in [0, 0.05) is 31.4 Å². The van der Waals surface area contributed by atoms with Gasteiger partial charge in [-0.2, -0.15) is 0 Å². The molecule has 0 fully saturated rings. The fraction of sp³-hybridized carbons (Fsp3) is 0.625. The Balaban J connectivity index is 2.75. The van der Waals surface area contributed by atoms with E-state index in [1.807, 2.05) is 18.0 Å². The van der Waals surface area contributed by atoms with Crippen molar-refractivity contribution < 1.29 is 4.79 Å². The van der Waals surface area contributed by atoms with E-state index in [-0.39, 0.29) is 11.9 Å². The lowest BCUT2D eigenvalue weighted by atomic mass is 10.0. The topological polar surface area (TPSA) is 45.2 Å². The first-order valence-electron chi connectivity index (χ1n) is 7.42. The van der Waals surface area contributed by atoms with Crippen molar-refractivity contribution in [2.75, 3.05) is 18.9 Å². The lowest BCUT2D eigenvalue weighted by Gasteiger charge is -2.26. The molecule has 0 aromatic carbocycles. The number of carbonyl (C=O) groups excluding carboxylic acids is 1. The second kappa shape index (κ2) is 7.88. The van der Waals surface area contributed by atoms with Crippen LogP contribution in [-0.2, 0) is 0 Å². The Kier molecular flexibility index (Phi) is 6.49. The van der Waals surface area contributed by atoms with Crippen molar-refractivity contribution in [2.45, 2.75) is 46.6 Å². The van der Waals surface area contributed by atoms with Crippen molar-refractivity contribution in [2.24, 2.45) is 5.92 Å². The summed E-state index contributed by atoms with van der Waals surface area (Å²) in [6, 6.07) is 3.84. The predicted octanol–water partition coefficient (Wildman–Crippen LogP) is 3.41. The van der Waals surface area contributed by atoms with Gasteiger partial charge in [0.25, 0.3) is 5.91 Å². The molecule has 0 aliphatic heterocycles. The molecular weight excluding hydrogens is 250 g/mol. The van der Waals surface area contributed by atoms with E-state index in [1.165, 1.54) is 0 Å². The quantitative estimate of drug-likeness (QED) is 0.830. The number of amides is 1. The first-order valence-corrected chi connectivity index (χ1v) is 7.42. The molecule has 4 nitrogen and oxygen atoms in total. The van der Waals surface area contributed by atoms with Gasteiger partial charge in [-0.05, 0) is 37.8 Å². The van der Waals surface area contributed by atoms with Crippen molar-refractivity contribution in [3.8, 4) is 0 Å². The van der Waals surface area contributed by atoms with Gasteiger partial charge < -0.3 is 10.2 Å². The van der Waals surface area contributed by atoms with E-state index in [2.05, 4.69) is 38.0 Å². The van der Waals surface area contributed by atoms with Gasteiger partial charge in [0.2, 0.25) is 0 Å². The summed E-state index contributed by atoms with van der Waals surface area (Å²) in [7, 11) is 1.87. The van der Waals surface area contributed by atoms with Crippen molar-refractivity contribution in [3.63, 3.8) is 0 Å². The summed E-state index contributed by atoms with van der Waals surface area (Å²) < 4.78 is 0. The minimum Gasteiger partial charge on any atom is -0.370 e. The summed E-state index contributed by atoms with van der Waals surface area (Å²) in [6.07, 6.45) is 3.73. The second-order valence-electron chi connectivity index (χ2n) is 5.75.